The Labute approximate surface area is 570 Å². The van der Waals surface area contributed by atoms with Gasteiger partial charge in [0.2, 0.25) is 11.7 Å². The van der Waals surface area contributed by atoms with Crippen LogP contribution in [0.5, 0.6) is 0 Å². The summed E-state index contributed by atoms with van der Waals surface area (Å²) in [4.78, 5) is 88.2. The van der Waals surface area contributed by atoms with Crippen molar-refractivity contribution in [3.8, 4) is 0 Å². The predicted molar refractivity (Wildman–Crippen MR) is 349 cm³/mol. The first-order chi connectivity index (χ1) is 42.6. The third-order valence-corrected chi connectivity index (χ3v) is 12.3. The average Bonchev–Trinajstić information content (AvgIpc) is 1.05. The Morgan fingerprint density at radius 1 is 0.333 bits per heavy atom. The zero-order valence-electron chi connectivity index (χ0n) is 56.1. The van der Waals surface area contributed by atoms with Gasteiger partial charge in [-0.15, -0.1) is 0 Å². The molecule has 0 amide bonds. The standard InChI is InChI=1S/C13H25O9P.C12H23O7P.C7H14ClO4P.C6H12O4.C6H12O3.C5H10O3.2CH3Cl2OP/c1-4-19-12(16)10(6-14)8-21-23(3,18)22-9-11(7-15)13(17)20-5-2;1-6-16-11(13)9(3)8-18-20(5,15)19-10(4)12(14)17-7-2;1-4-11-7(9)6(2)5-12-13(3,8)10;1-2-10-6(9)5(3-7)4-8;1-3-9-6(8)5(2)4-7;1-3-8-5(7)4(2)6;2*1-5(2,3)4/h10-11,14-15H,4-9H2,1-3H3;9-10H,6-8H2,1-5H3;6H,4-5H2,1-3H3;5,7-8H,2-4H2,1H3;5,7H,3-4H2,1-2H3;4,6H,3H2,1-2H3;2*1H3. The maximum atomic E-state index is 12.1. The van der Waals surface area contributed by atoms with E-state index in [0.29, 0.717) is 19.8 Å². The van der Waals surface area contributed by atoms with E-state index in [-0.39, 0.29) is 97.1 Å². The van der Waals surface area contributed by atoms with Gasteiger partial charge in [0.1, 0.15) is 23.9 Å². The normalized spacial score (nSPS) is 14.8. The van der Waals surface area contributed by atoms with Crippen LogP contribution < -0.4 is 0 Å². The molecule has 0 saturated carbocycles. The zero-order chi connectivity index (χ0) is 75.0. The van der Waals surface area contributed by atoms with Crippen molar-refractivity contribution in [3.05, 3.63) is 0 Å². The molecule has 9 atom stereocenters. The van der Waals surface area contributed by atoms with Crippen LogP contribution in [0, 0.1) is 35.5 Å². The van der Waals surface area contributed by atoms with Gasteiger partial charge in [-0.3, -0.25) is 56.1 Å². The van der Waals surface area contributed by atoms with E-state index in [9.17, 15) is 61.2 Å². The second kappa shape index (κ2) is 63.4. The highest BCUT2D eigenvalue weighted by Crippen LogP contribution is 2.53. The van der Waals surface area contributed by atoms with Gasteiger partial charge >= 0.3 is 62.9 Å². The van der Waals surface area contributed by atoms with Crippen LogP contribution in [-0.2, 0) is 122 Å². The Kier molecular flexibility index (Phi) is 72.9. The summed E-state index contributed by atoms with van der Waals surface area (Å²) in [6.07, 6.45) is -1.99. The van der Waals surface area contributed by atoms with Crippen LogP contribution >= 0.6 is 89.8 Å². The summed E-state index contributed by atoms with van der Waals surface area (Å²) in [5.41, 5.74) is 0. The van der Waals surface area contributed by atoms with Gasteiger partial charge in [-0.2, -0.15) is 0 Å². The number of aliphatic hydroxyl groups is 6. The van der Waals surface area contributed by atoms with E-state index in [4.69, 9.17) is 133 Å². The Bertz CT molecular complexity index is 2180. The summed E-state index contributed by atoms with van der Waals surface area (Å²) in [5, 5.41) is 52.0. The van der Waals surface area contributed by atoms with Crippen molar-refractivity contribution in [1.82, 2.24) is 0 Å². The SMILES string of the molecule is CCOC(=O)C(C)CO.CCOC(=O)C(C)COP(C)(=O)Cl.CCOC(=O)C(C)COP(C)(=O)OC(C)C(=O)OCC.CCOC(=O)C(C)O.CCOC(=O)C(CO)CO.CCOC(=O)C(CO)COP(C)(=O)OCC(CO)C(=O)OCC.CP(=O)(Cl)Cl.CP(=O)(Cl)Cl. The lowest BCUT2D eigenvalue weighted by Crippen LogP contribution is -2.27. The molecule has 0 radical (unpaired) electrons. The lowest BCUT2D eigenvalue weighted by atomic mass is 10.2. The highest BCUT2D eigenvalue weighted by molar-refractivity contribution is 8.08. The van der Waals surface area contributed by atoms with Crippen molar-refractivity contribution >= 4 is 138 Å². The number of carbonyl (C=O) groups is 8. The molecule has 0 aliphatic carbocycles. The van der Waals surface area contributed by atoms with Crippen LogP contribution in [0.1, 0.15) is 90.0 Å². The number of rotatable bonds is 35. The lowest BCUT2D eigenvalue weighted by Gasteiger charge is -2.19. The van der Waals surface area contributed by atoms with E-state index < -0.39 is 124 Å². The van der Waals surface area contributed by atoms with E-state index in [1.807, 2.05) is 0 Å². The van der Waals surface area contributed by atoms with Gasteiger partial charge in [-0.1, -0.05) is 0 Å². The number of carbonyl (C=O) groups excluding carboxylic acids is 8. The fourth-order valence-corrected chi connectivity index (χ4v) is 7.16. The summed E-state index contributed by atoms with van der Waals surface area (Å²) in [6, 6.07) is 0. The van der Waals surface area contributed by atoms with Crippen LogP contribution in [0.2, 0.25) is 0 Å². The number of ether oxygens (including phenoxy) is 8. The second-order valence-corrected chi connectivity index (χ2v) is 37.4. The van der Waals surface area contributed by atoms with E-state index in [2.05, 4.69) is 14.2 Å². The topological polar surface area (TPSA) is 463 Å². The van der Waals surface area contributed by atoms with Gasteiger partial charge in [0.05, 0.1) is 130 Å². The van der Waals surface area contributed by atoms with Crippen molar-refractivity contribution in [3.63, 3.8) is 0 Å². The van der Waals surface area contributed by atoms with Crippen LogP contribution in [-0.4, -0.2) is 236 Å². The summed E-state index contributed by atoms with van der Waals surface area (Å²) < 4.78 is 117. The Balaban J connectivity index is -0.000000156. The molecule has 0 aromatic heterocycles. The molecule has 0 aromatic rings. The van der Waals surface area contributed by atoms with Gasteiger partial charge in [0.25, 0.3) is 6.72 Å². The second-order valence-electron chi connectivity index (χ2n) is 18.1. The van der Waals surface area contributed by atoms with Crippen molar-refractivity contribution in [2.45, 2.75) is 102 Å². The van der Waals surface area contributed by atoms with Gasteiger partial charge in [0.15, 0.2) is 6.10 Å². The van der Waals surface area contributed by atoms with Crippen LogP contribution in [0.3, 0.4) is 0 Å². The Hall–Kier alpha value is -2.08. The minimum atomic E-state index is -3.58. The smallest absolute Gasteiger partial charge is 0.335 e. The molecule has 93 heavy (non-hydrogen) atoms. The first-order valence-electron chi connectivity index (χ1n) is 28.2. The first-order valence-corrected chi connectivity index (χ1v) is 43.1. The molecule has 0 aromatic carbocycles. The monoisotopic (exact) mass is 1560 g/mol. The maximum Gasteiger partial charge on any atom is 0.335 e. The number of hydrogen-bond acceptors (Lipinski definition) is 32. The molecular weight excluding hydrogens is 1460 g/mol. The summed E-state index contributed by atoms with van der Waals surface area (Å²) in [6.45, 7) is 23.6. The average molecular weight is 1560 g/mol. The largest absolute Gasteiger partial charge is 0.466 e. The number of aliphatic hydroxyl groups excluding tert-OH is 6. The van der Waals surface area contributed by atoms with Crippen LogP contribution in [0.25, 0.3) is 0 Å². The molecule has 0 saturated heterocycles. The lowest BCUT2D eigenvalue weighted by molar-refractivity contribution is -0.152. The number of halogens is 5. The number of esters is 8. The highest BCUT2D eigenvalue weighted by atomic mass is 35.9. The number of hydrogen-bond donors (Lipinski definition) is 6. The molecule has 0 aliphatic rings. The molecule has 6 N–H and O–H groups in total. The van der Waals surface area contributed by atoms with E-state index >= 15 is 0 Å². The zero-order valence-corrected chi connectivity index (χ0v) is 64.3. The van der Waals surface area contributed by atoms with Crippen LogP contribution in [0.4, 0.5) is 0 Å². The predicted octanol–water partition coefficient (Wildman–Crippen LogP) is 8.28. The van der Waals surface area contributed by atoms with Gasteiger partial charge in [-0.05, 0) is 146 Å². The summed E-state index contributed by atoms with van der Waals surface area (Å²) in [7, 11) is -7.03. The van der Waals surface area contributed by atoms with Crippen molar-refractivity contribution in [2.75, 3.05) is 146 Å². The molecule has 0 bridgehead atoms. The van der Waals surface area contributed by atoms with Gasteiger partial charge in [0, 0.05) is 33.3 Å². The van der Waals surface area contributed by atoms with Crippen molar-refractivity contribution < 1.29 is 152 Å². The minimum absolute atomic E-state index is 0.0239. The van der Waals surface area contributed by atoms with E-state index in [1.54, 1.807) is 76.2 Å². The van der Waals surface area contributed by atoms with Crippen molar-refractivity contribution in [1.29, 1.82) is 0 Å². The molecular formula is C51H102Cl5O32P5. The molecule has 0 aliphatic heterocycles. The van der Waals surface area contributed by atoms with Crippen molar-refractivity contribution in [2.24, 2.45) is 35.5 Å². The quantitative estimate of drug-likeness (QED) is 0.0197. The van der Waals surface area contributed by atoms with Gasteiger partial charge in [-0.25, -0.2) is 9.59 Å². The highest BCUT2D eigenvalue weighted by Gasteiger charge is 2.30. The Morgan fingerprint density at radius 2 is 0.570 bits per heavy atom. The molecule has 0 spiro atoms. The third kappa shape index (κ3) is 80.5. The van der Waals surface area contributed by atoms with E-state index in [1.165, 1.54) is 40.5 Å². The molecule has 558 valence electrons. The molecule has 0 heterocycles. The summed E-state index contributed by atoms with van der Waals surface area (Å²) >= 11 is 24.7. The molecule has 32 nitrogen and oxygen atoms in total. The maximum absolute atomic E-state index is 12.1. The summed E-state index contributed by atoms with van der Waals surface area (Å²) in [5.74, 6) is -13.7. The van der Waals surface area contributed by atoms with Crippen LogP contribution in [0.15, 0.2) is 0 Å². The molecule has 42 heteroatoms. The van der Waals surface area contributed by atoms with E-state index in [0.717, 1.165) is 6.66 Å². The Morgan fingerprint density at radius 3 is 0.817 bits per heavy atom. The van der Waals surface area contributed by atoms with Gasteiger partial charge < -0.3 is 86.6 Å². The third-order valence-electron chi connectivity index (χ3n) is 8.81. The fraction of sp³-hybridized carbons (Fsp3) is 0.843. The molecule has 0 fully saturated rings. The minimum Gasteiger partial charge on any atom is -0.466 e. The molecule has 9 unspecified atom stereocenters. The molecule has 0 rings (SSSR count). The first kappa shape index (κ1) is 107. The fourth-order valence-electron chi connectivity index (χ4n) is 4.31.